The van der Waals surface area contributed by atoms with Gasteiger partial charge in [-0.2, -0.15) is 0 Å². The summed E-state index contributed by atoms with van der Waals surface area (Å²) in [5.74, 6) is -3.84. The Balaban J connectivity index is 2.23. The predicted molar refractivity (Wildman–Crippen MR) is 62.5 cm³/mol. The maximum Gasteiger partial charge on any atom is 0.182 e. The van der Waals surface area contributed by atoms with Gasteiger partial charge in [0.05, 0.1) is 23.6 Å². The molecule has 0 aliphatic rings. The molecule has 0 amide bonds. The van der Waals surface area contributed by atoms with Crippen molar-refractivity contribution in [2.75, 3.05) is 5.32 Å². The predicted octanol–water partition coefficient (Wildman–Crippen LogP) is 3.81. The number of hydrogen-bond donors (Lipinski definition) is 1. The number of nitrogens with zero attached hydrogens (tertiary/aromatic N) is 1. The van der Waals surface area contributed by atoms with Crippen LogP contribution in [0.2, 0.25) is 0 Å². The molecule has 2 aromatic rings. The third-order valence-corrected chi connectivity index (χ3v) is 2.56. The first kappa shape index (κ1) is 13.3. The summed E-state index contributed by atoms with van der Waals surface area (Å²) in [4.78, 5) is 3.80. The summed E-state index contributed by atoms with van der Waals surface area (Å²) in [7, 11) is 0. The molecule has 1 aromatic heterocycles. The molecule has 0 saturated heterocycles. The van der Waals surface area contributed by atoms with E-state index in [1.165, 1.54) is 12.1 Å². The zero-order chi connectivity index (χ0) is 14.0. The van der Waals surface area contributed by atoms with Crippen molar-refractivity contribution in [2.45, 2.75) is 13.0 Å². The van der Waals surface area contributed by atoms with Crippen LogP contribution in [0.1, 0.15) is 18.7 Å². The Labute approximate surface area is 107 Å². The summed E-state index contributed by atoms with van der Waals surface area (Å²) >= 11 is 0. The molecule has 0 saturated carbocycles. The van der Waals surface area contributed by atoms with E-state index in [0.717, 1.165) is 12.3 Å². The molecule has 100 valence electrons. The molecule has 1 unspecified atom stereocenters. The Kier molecular flexibility index (Phi) is 3.69. The number of aromatic nitrogens is 1. The molecule has 0 aliphatic carbocycles. The largest absolute Gasteiger partial charge is 0.374 e. The second kappa shape index (κ2) is 5.26. The van der Waals surface area contributed by atoms with Gasteiger partial charge in [-0.15, -0.1) is 0 Å². The fraction of sp³-hybridized carbons (Fsp3) is 0.154. The van der Waals surface area contributed by atoms with Gasteiger partial charge in [-0.1, -0.05) is 0 Å². The molecule has 1 heterocycles. The summed E-state index contributed by atoms with van der Waals surface area (Å²) in [6, 6.07) is 3.37. The molecule has 2 rings (SSSR count). The van der Waals surface area contributed by atoms with Gasteiger partial charge in [0.2, 0.25) is 0 Å². The van der Waals surface area contributed by atoms with Gasteiger partial charge in [0.15, 0.2) is 11.6 Å². The number of nitrogens with one attached hydrogen (secondary N) is 1. The van der Waals surface area contributed by atoms with Gasteiger partial charge < -0.3 is 5.32 Å². The van der Waals surface area contributed by atoms with Crippen molar-refractivity contribution in [3.8, 4) is 0 Å². The Morgan fingerprint density at radius 3 is 2.42 bits per heavy atom. The van der Waals surface area contributed by atoms with E-state index >= 15 is 0 Å². The Hall–Kier alpha value is -2.11. The molecular formula is C13H10F4N2. The van der Waals surface area contributed by atoms with Crippen molar-refractivity contribution in [3.63, 3.8) is 0 Å². The summed E-state index contributed by atoms with van der Waals surface area (Å²) in [5.41, 5.74) is 0.113. The minimum Gasteiger partial charge on any atom is -0.374 e. The van der Waals surface area contributed by atoms with Crippen LogP contribution in [0.4, 0.5) is 23.2 Å². The Morgan fingerprint density at radius 1 is 1.05 bits per heavy atom. The smallest absolute Gasteiger partial charge is 0.182 e. The average Bonchev–Trinajstić information content (AvgIpc) is 2.36. The van der Waals surface area contributed by atoms with E-state index < -0.39 is 29.3 Å². The normalized spacial score (nSPS) is 12.3. The maximum atomic E-state index is 13.4. The van der Waals surface area contributed by atoms with E-state index in [9.17, 15) is 17.6 Å². The van der Waals surface area contributed by atoms with Crippen LogP contribution in [0.25, 0.3) is 0 Å². The first-order chi connectivity index (χ1) is 8.97. The minimum atomic E-state index is -1.28. The topological polar surface area (TPSA) is 24.9 Å². The lowest BCUT2D eigenvalue weighted by molar-refractivity contribution is 0.496. The lowest BCUT2D eigenvalue weighted by Crippen LogP contribution is -2.10. The van der Waals surface area contributed by atoms with Crippen LogP contribution in [0.15, 0.2) is 30.5 Å². The van der Waals surface area contributed by atoms with Crippen LogP contribution >= 0.6 is 0 Å². The standard InChI is InChI=1S/C13H10F4N2/c1-7(11-3-2-8(14)6-18-11)19-12-5-9(15)4-10(16)13(12)17/h2-7,19H,1H3. The van der Waals surface area contributed by atoms with Crippen LogP contribution in [-0.2, 0) is 0 Å². The summed E-state index contributed by atoms with van der Waals surface area (Å²) in [6.45, 7) is 1.61. The zero-order valence-electron chi connectivity index (χ0n) is 9.92. The fourth-order valence-electron chi connectivity index (χ4n) is 1.61. The van der Waals surface area contributed by atoms with Gasteiger partial charge in [-0.05, 0) is 19.1 Å². The highest BCUT2D eigenvalue weighted by molar-refractivity contribution is 5.47. The van der Waals surface area contributed by atoms with E-state index in [0.29, 0.717) is 11.8 Å². The molecule has 1 atom stereocenters. The highest BCUT2D eigenvalue weighted by atomic mass is 19.2. The van der Waals surface area contributed by atoms with Gasteiger partial charge in [-0.3, -0.25) is 4.98 Å². The molecule has 1 aromatic carbocycles. The molecule has 6 heteroatoms. The molecule has 0 fully saturated rings. The first-order valence-electron chi connectivity index (χ1n) is 5.50. The fourth-order valence-corrected chi connectivity index (χ4v) is 1.61. The molecule has 2 nitrogen and oxygen atoms in total. The summed E-state index contributed by atoms with van der Waals surface area (Å²) in [5, 5.41) is 2.59. The highest BCUT2D eigenvalue weighted by Crippen LogP contribution is 2.23. The monoisotopic (exact) mass is 270 g/mol. The second-order valence-electron chi connectivity index (χ2n) is 4.02. The van der Waals surface area contributed by atoms with Crippen molar-refractivity contribution in [1.29, 1.82) is 0 Å². The van der Waals surface area contributed by atoms with Crippen LogP contribution in [0.3, 0.4) is 0 Å². The number of hydrogen-bond acceptors (Lipinski definition) is 2. The van der Waals surface area contributed by atoms with E-state index in [1.807, 2.05) is 0 Å². The van der Waals surface area contributed by atoms with Crippen molar-refractivity contribution in [2.24, 2.45) is 0 Å². The van der Waals surface area contributed by atoms with Crippen LogP contribution in [-0.4, -0.2) is 4.98 Å². The molecular weight excluding hydrogens is 260 g/mol. The second-order valence-corrected chi connectivity index (χ2v) is 4.02. The summed E-state index contributed by atoms with van der Waals surface area (Å²) < 4.78 is 52.2. The van der Waals surface area contributed by atoms with Crippen LogP contribution in [0.5, 0.6) is 0 Å². The summed E-state index contributed by atoms with van der Waals surface area (Å²) in [6.07, 6.45) is 1.01. The SMILES string of the molecule is CC(Nc1cc(F)cc(F)c1F)c1ccc(F)cn1. The van der Waals surface area contributed by atoms with E-state index in [2.05, 4.69) is 10.3 Å². The molecule has 0 radical (unpaired) electrons. The lowest BCUT2D eigenvalue weighted by Gasteiger charge is -2.15. The van der Waals surface area contributed by atoms with E-state index in [-0.39, 0.29) is 5.69 Å². The van der Waals surface area contributed by atoms with Crippen LogP contribution in [0, 0.1) is 23.3 Å². The van der Waals surface area contributed by atoms with Crippen molar-refractivity contribution in [1.82, 2.24) is 4.98 Å². The quantitative estimate of drug-likeness (QED) is 0.677. The molecule has 0 bridgehead atoms. The zero-order valence-corrected chi connectivity index (χ0v) is 9.92. The third-order valence-electron chi connectivity index (χ3n) is 2.56. The van der Waals surface area contributed by atoms with Gasteiger partial charge in [-0.25, -0.2) is 17.6 Å². The van der Waals surface area contributed by atoms with E-state index in [1.54, 1.807) is 6.92 Å². The van der Waals surface area contributed by atoms with Crippen LogP contribution < -0.4 is 5.32 Å². The number of anilines is 1. The van der Waals surface area contributed by atoms with E-state index in [4.69, 9.17) is 0 Å². The van der Waals surface area contributed by atoms with Gasteiger partial charge in [0.1, 0.15) is 11.6 Å². The lowest BCUT2D eigenvalue weighted by atomic mass is 10.2. The minimum absolute atomic E-state index is 0.309. The average molecular weight is 270 g/mol. The molecule has 0 aliphatic heterocycles. The molecule has 1 N–H and O–H groups in total. The van der Waals surface area contributed by atoms with Crippen molar-refractivity contribution >= 4 is 5.69 Å². The molecule has 19 heavy (non-hydrogen) atoms. The Morgan fingerprint density at radius 2 is 1.79 bits per heavy atom. The third kappa shape index (κ3) is 3.01. The van der Waals surface area contributed by atoms with Crippen molar-refractivity contribution in [3.05, 3.63) is 59.4 Å². The van der Waals surface area contributed by atoms with Gasteiger partial charge >= 0.3 is 0 Å². The number of rotatable bonds is 3. The number of benzene rings is 1. The van der Waals surface area contributed by atoms with Crippen molar-refractivity contribution < 1.29 is 17.6 Å². The number of pyridine rings is 1. The van der Waals surface area contributed by atoms with Gasteiger partial charge in [0, 0.05) is 12.1 Å². The molecule has 0 spiro atoms. The highest BCUT2D eigenvalue weighted by Gasteiger charge is 2.14. The Bertz CT molecular complexity index is 584. The van der Waals surface area contributed by atoms with Gasteiger partial charge in [0.25, 0.3) is 0 Å². The number of halogens is 4. The maximum absolute atomic E-state index is 13.4. The first-order valence-corrected chi connectivity index (χ1v) is 5.50.